The van der Waals surface area contributed by atoms with Gasteiger partial charge in [-0.15, -0.1) is 0 Å². The minimum absolute atomic E-state index is 0.163. The number of hydrogen-bond donors (Lipinski definition) is 0. The number of alkyl halides is 3. The van der Waals surface area contributed by atoms with Crippen molar-refractivity contribution in [2.45, 2.75) is 16.0 Å². The first-order chi connectivity index (χ1) is 11.3. The summed E-state index contributed by atoms with van der Waals surface area (Å²) in [5, 5.41) is 3.26. The van der Waals surface area contributed by atoms with Crippen molar-refractivity contribution >= 4 is 11.8 Å². The van der Waals surface area contributed by atoms with E-state index < -0.39 is 23.7 Å². The first kappa shape index (κ1) is 16.4. The van der Waals surface area contributed by atoms with Crippen LogP contribution < -0.4 is 0 Å². The third-order valence-corrected chi connectivity index (χ3v) is 4.02. The van der Waals surface area contributed by atoms with E-state index in [-0.39, 0.29) is 16.3 Å². The molecule has 3 nitrogen and oxygen atoms in total. The van der Waals surface area contributed by atoms with Gasteiger partial charge in [0, 0.05) is 10.5 Å². The van der Waals surface area contributed by atoms with E-state index >= 15 is 0 Å². The van der Waals surface area contributed by atoms with Gasteiger partial charge in [0.1, 0.15) is 11.6 Å². The van der Waals surface area contributed by atoms with Crippen LogP contribution >= 0.6 is 11.8 Å². The topological polar surface area (TPSA) is 38.9 Å². The fraction of sp³-hybridized carbons (Fsp3) is 0.0667. The highest BCUT2D eigenvalue weighted by molar-refractivity contribution is 7.99. The summed E-state index contributed by atoms with van der Waals surface area (Å²) in [7, 11) is 0. The Morgan fingerprint density at radius 1 is 0.917 bits per heavy atom. The summed E-state index contributed by atoms with van der Waals surface area (Å²) in [5.41, 5.74) is 0.285. The Morgan fingerprint density at radius 3 is 2.08 bits per heavy atom. The van der Waals surface area contributed by atoms with Gasteiger partial charge < -0.3 is 4.52 Å². The van der Waals surface area contributed by atoms with Crippen LogP contribution in [0.4, 0.5) is 22.0 Å². The van der Waals surface area contributed by atoms with Crippen molar-refractivity contribution in [2.24, 2.45) is 0 Å². The van der Waals surface area contributed by atoms with E-state index in [1.807, 2.05) is 0 Å². The van der Waals surface area contributed by atoms with Gasteiger partial charge in [-0.2, -0.15) is 18.2 Å². The third kappa shape index (κ3) is 3.40. The molecule has 3 aromatic rings. The summed E-state index contributed by atoms with van der Waals surface area (Å²) >= 11 is 0.860. The lowest BCUT2D eigenvalue weighted by Gasteiger charge is -2.05. The van der Waals surface area contributed by atoms with Gasteiger partial charge in [0.05, 0.1) is 4.90 Å². The fourth-order valence-electron chi connectivity index (χ4n) is 1.83. The molecule has 1 heterocycles. The van der Waals surface area contributed by atoms with Gasteiger partial charge >= 0.3 is 12.1 Å². The molecule has 0 amide bonds. The quantitative estimate of drug-likeness (QED) is 0.605. The van der Waals surface area contributed by atoms with Gasteiger partial charge in [-0.05, 0) is 36.4 Å². The highest BCUT2D eigenvalue weighted by Gasteiger charge is 2.38. The molecule has 0 fully saturated rings. The van der Waals surface area contributed by atoms with E-state index in [1.54, 1.807) is 0 Å². The lowest BCUT2D eigenvalue weighted by molar-refractivity contribution is -0.159. The zero-order valence-corrected chi connectivity index (χ0v) is 12.5. The van der Waals surface area contributed by atoms with Crippen molar-refractivity contribution in [3.05, 3.63) is 60.0 Å². The molecule has 24 heavy (non-hydrogen) atoms. The number of rotatable bonds is 3. The first-order valence-electron chi connectivity index (χ1n) is 6.48. The van der Waals surface area contributed by atoms with Crippen LogP contribution in [0.25, 0.3) is 11.4 Å². The van der Waals surface area contributed by atoms with E-state index in [4.69, 9.17) is 0 Å². The van der Waals surface area contributed by atoms with Gasteiger partial charge in [0.25, 0.3) is 0 Å². The van der Waals surface area contributed by atoms with E-state index in [0.29, 0.717) is 4.90 Å². The maximum absolute atomic E-state index is 13.6. The summed E-state index contributed by atoms with van der Waals surface area (Å²) in [5.74, 6) is -3.06. The summed E-state index contributed by atoms with van der Waals surface area (Å²) in [6.45, 7) is 0. The van der Waals surface area contributed by atoms with Crippen molar-refractivity contribution in [3.8, 4) is 11.4 Å². The maximum Gasteiger partial charge on any atom is 0.471 e. The molecule has 2 aromatic carbocycles. The molecule has 0 saturated carbocycles. The Kier molecular flexibility index (Phi) is 4.27. The molecular formula is C15H7F5N2OS. The van der Waals surface area contributed by atoms with Crippen LogP contribution in [0.15, 0.2) is 56.8 Å². The van der Waals surface area contributed by atoms with Crippen LogP contribution in [0.1, 0.15) is 5.89 Å². The molecule has 0 radical (unpaired) electrons. The lowest BCUT2D eigenvalue weighted by Crippen LogP contribution is -2.04. The highest BCUT2D eigenvalue weighted by Crippen LogP contribution is 2.33. The second kappa shape index (κ2) is 6.23. The number of halogens is 5. The number of nitrogens with zero attached hydrogens (tertiary/aromatic N) is 2. The molecule has 0 atom stereocenters. The minimum Gasteiger partial charge on any atom is -0.329 e. The molecule has 3 rings (SSSR count). The van der Waals surface area contributed by atoms with Crippen LogP contribution in [0.3, 0.4) is 0 Å². The van der Waals surface area contributed by atoms with Gasteiger partial charge in [-0.3, -0.25) is 0 Å². The predicted octanol–water partition coefficient (Wildman–Crippen LogP) is 5.18. The normalized spacial score (nSPS) is 11.7. The van der Waals surface area contributed by atoms with Crippen molar-refractivity contribution in [1.29, 1.82) is 0 Å². The molecular weight excluding hydrogens is 351 g/mol. The summed E-state index contributed by atoms with van der Waals surface area (Å²) in [6, 6.07) is 9.39. The molecule has 9 heteroatoms. The average Bonchev–Trinajstić information content (AvgIpc) is 3.02. The molecule has 0 N–H and O–H groups in total. The van der Waals surface area contributed by atoms with E-state index in [1.165, 1.54) is 30.3 Å². The van der Waals surface area contributed by atoms with Crippen LogP contribution in [-0.4, -0.2) is 10.1 Å². The molecule has 124 valence electrons. The Hall–Kier alpha value is -2.42. The molecule has 0 aliphatic heterocycles. The predicted molar refractivity (Wildman–Crippen MR) is 75.2 cm³/mol. The van der Waals surface area contributed by atoms with Gasteiger partial charge in [0.2, 0.25) is 5.82 Å². The van der Waals surface area contributed by atoms with Crippen LogP contribution in [0, 0.1) is 11.6 Å². The van der Waals surface area contributed by atoms with E-state index in [2.05, 4.69) is 14.7 Å². The monoisotopic (exact) mass is 358 g/mol. The van der Waals surface area contributed by atoms with E-state index in [9.17, 15) is 22.0 Å². The van der Waals surface area contributed by atoms with Gasteiger partial charge in [-0.25, -0.2) is 8.78 Å². The number of aromatic nitrogens is 2. The molecule has 0 spiro atoms. The zero-order valence-electron chi connectivity index (χ0n) is 11.6. The molecule has 0 bridgehead atoms. The van der Waals surface area contributed by atoms with Crippen molar-refractivity contribution in [3.63, 3.8) is 0 Å². The highest BCUT2D eigenvalue weighted by atomic mass is 32.2. The molecule has 0 saturated heterocycles. The standard InChI is InChI=1S/C15H7F5N2OS/c16-10-2-1-3-11(17)12(10)24-9-6-4-8(5-7-9)13-21-14(23-22-13)15(18,19)20/h1-7H. The lowest BCUT2D eigenvalue weighted by atomic mass is 10.2. The van der Waals surface area contributed by atoms with Crippen molar-refractivity contribution in [2.75, 3.05) is 0 Å². The first-order valence-corrected chi connectivity index (χ1v) is 7.29. The Labute approximate surface area is 136 Å². The molecule has 0 aliphatic carbocycles. The van der Waals surface area contributed by atoms with Crippen LogP contribution in [-0.2, 0) is 6.18 Å². The number of benzene rings is 2. The molecule has 0 unspecified atom stereocenters. The van der Waals surface area contributed by atoms with Crippen molar-refractivity contribution < 1.29 is 26.5 Å². The van der Waals surface area contributed by atoms with Crippen LogP contribution in [0.5, 0.6) is 0 Å². The zero-order chi connectivity index (χ0) is 17.3. The van der Waals surface area contributed by atoms with Gasteiger partial charge in [0.15, 0.2) is 0 Å². The van der Waals surface area contributed by atoms with Gasteiger partial charge in [-0.1, -0.05) is 23.0 Å². The largest absolute Gasteiger partial charge is 0.471 e. The number of hydrogen-bond acceptors (Lipinski definition) is 4. The average molecular weight is 358 g/mol. The minimum atomic E-state index is -4.72. The van der Waals surface area contributed by atoms with Crippen LogP contribution in [0.2, 0.25) is 0 Å². The van der Waals surface area contributed by atoms with E-state index in [0.717, 1.165) is 23.9 Å². The third-order valence-electron chi connectivity index (χ3n) is 2.92. The maximum atomic E-state index is 13.6. The Balaban J connectivity index is 1.82. The summed E-state index contributed by atoms with van der Waals surface area (Å²) < 4.78 is 68.6. The smallest absolute Gasteiger partial charge is 0.329 e. The SMILES string of the molecule is Fc1cccc(F)c1Sc1ccc(-c2noc(C(F)(F)F)n2)cc1. The Bertz CT molecular complexity index is 841. The Morgan fingerprint density at radius 2 is 1.54 bits per heavy atom. The summed E-state index contributed by atoms with van der Waals surface area (Å²) in [4.78, 5) is 3.60. The molecule has 1 aromatic heterocycles. The fourth-order valence-corrected chi connectivity index (χ4v) is 2.66. The second-order valence-corrected chi connectivity index (χ2v) is 5.68. The summed E-state index contributed by atoms with van der Waals surface area (Å²) in [6.07, 6.45) is -4.72. The van der Waals surface area contributed by atoms with Crippen molar-refractivity contribution in [1.82, 2.24) is 10.1 Å². The molecule has 0 aliphatic rings. The second-order valence-electron chi connectivity index (χ2n) is 4.60.